The van der Waals surface area contributed by atoms with E-state index in [2.05, 4.69) is 4.99 Å². The van der Waals surface area contributed by atoms with Crippen molar-refractivity contribution in [3.63, 3.8) is 0 Å². The molecule has 5 nitrogen and oxygen atoms in total. The third-order valence-electron chi connectivity index (χ3n) is 3.00. The fraction of sp³-hybridized carbons (Fsp3) is 0.500. The molecule has 1 fully saturated rings. The third-order valence-corrected chi connectivity index (χ3v) is 3.18. The highest BCUT2D eigenvalue weighted by Gasteiger charge is 2.51. The number of aliphatic carboxylic acids is 1. The maximum absolute atomic E-state index is 14.1. The van der Waals surface area contributed by atoms with E-state index < -0.39 is 114 Å². The van der Waals surface area contributed by atoms with Gasteiger partial charge in [0.15, 0.2) is 0 Å². The normalized spacial score (nSPS) is 45.1. The number of benzene rings is 1. The maximum Gasteiger partial charge on any atom is 0.326 e. The fourth-order valence-electron chi connectivity index (χ4n) is 2.07. The van der Waals surface area contributed by atoms with Crippen LogP contribution in [0.5, 0.6) is 0 Å². The van der Waals surface area contributed by atoms with Gasteiger partial charge in [-0.15, -0.1) is 0 Å². The average Bonchev–Trinajstić information content (AvgIpc) is 3.19. The molecule has 1 amide bonds. The van der Waals surface area contributed by atoms with Crippen LogP contribution in [0.25, 0.3) is 0 Å². The number of hydrogen-bond donors (Lipinski definition) is 1. The minimum absolute atomic E-state index is 0.871. The molecule has 24 heavy (non-hydrogen) atoms. The van der Waals surface area contributed by atoms with Gasteiger partial charge < -0.3 is 5.11 Å². The lowest BCUT2D eigenvalue weighted by Gasteiger charge is -2.41. The van der Waals surface area contributed by atoms with E-state index in [1.54, 1.807) is 0 Å². The van der Waals surface area contributed by atoms with Crippen LogP contribution in [0.4, 0.5) is 0 Å². The third kappa shape index (κ3) is 2.81. The zero-order chi connectivity index (χ0) is 34.1. The Bertz CT molecular complexity index is 1400. The van der Waals surface area contributed by atoms with Gasteiger partial charge in [0.1, 0.15) is 17.4 Å². The highest BCUT2D eigenvalue weighted by molar-refractivity contribution is 6.47. The van der Waals surface area contributed by atoms with Crippen molar-refractivity contribution in [3.05, 3.63) is 34.8 Å². The Hall–Kier alpha value is -1.88. The molecule has 0 saturated heterocycles. The lowest BCUT2D eigenvalue weighted by Crippen LogP contribution is -2.55. The molecular weight excluding hydrogens is 328 g/mol. The highest BCUT2D eigenvalue weighted by Crippen LogP contribution is 2.41. The van der Waals surface area contributed by atoms with Crippen molar-refractivity contribution in [2.24, 2.45) is 4.99 Å². The molecule has 1 aromatic rings. The summed E-state index contributed by atoms with van der Waals surface area (Å²) in [6.07, 6.45) is -25.8. The summed E-state index contributed by atoms with van der Waals surface area (Å²) >= 11 is 5.88. The molecule has 1 saturated carbocycles. The topological polar surface area (TPSA) is 70.0 Å². The van der Waals surface area contributed by atoms with Crippen molar-refractivity contribution in [1.29, 1.82) is 0 Å². The van der Waals surface area contributed by atoms with Crippen molar-refractivity contribution in [3.8, 4) is 0 Å². The van der Waals surface area contributed by atoms with Gasteiger partial charge in [-0.05, 0) is 43.9 Å². The van der Waals surface area contributed by atoms with Gasteiger partial charge in [0, 0.05) is 29.8 Å². The molecule has 1 aliphatic heterocycles. The zero-order valence-corrected chi connectivity index (χ0v) is 12.4. The smallest absolute Gasteiger partial charge is 0.326 e. The molecule has 0 aromatic heterocycles. The summed E-state index contributed by atoms with van der Waals surface area (Å²) in [7, 11) is 0. The fourth-order valence-corrected chi connectivity index (χ4v) is 2.21. The largest absolute Gasteiger partial charge is 0.480 e. The molecule has 1 heterocycles. The molecule has 0 bridgehead atoms. The predicted octanol–water partition coefficient (Wildman–Crippen LogP) is 3.49. The Morgan fingerprint density at radius 1 is 1.62 bits per heavy atom. The Labute approximate surface area is 173 Å². The number of halogens is 1. The molecule has 1 N–H and O–H groups in total. The minimum atomic E-state index is -4.53. The first-order valence-corrected chi connectivity index (χ1v) is 6.61. The van der Waals surface area contributed by atoms with Gasteiger partial charge >= 0.3 is 5.97 Å². The van der Waals surface area contributed by atoms with E-state index in [1.165, 1.54) is 0 Å². The summed E-state index contributed by atoms with van der Waals surface area (Å²) in [5.74, 6) is -5.05. The molecule has 1 spiro atoms. The van der Waals surface area contributed by atoms with Gasteiger partial charge in [-0.3, -0.25) is 14.7 Å². The number of carbonyl (C=O) groups excluding carboxylic acids is 1. The molecule has 6 heteroatoms. The first kappa shape index (κ1) is 5.31. The van der Waals surface area contributed by atoms with E-state index in [1.807, 2.05) is 0 Å². The number of aliphatic imine (C=N–C) groups is 1. The molecule has 3 rings (SSSR count). The van der Waals surface area contributed by atoms with Crippen LogP contribution in [0.15, 0.2) is 29.2 Å². The van der Waals surface area contributed by atoms with Crippen molar-refractivity contribution < 1.29 is 40.7 Å². The van der Waals surface area contributed by atoms with Crippen molar-refractivity contribution in [1.82, 2.24) is 4.90 Å². The van der Waals surface area contributed by atoms with Gasteiger partial charge in [0.25, 0.3) is 5.91 Å². The summed E-state index contributed by atoms with van der Waals surface area (Å²) in [5.41, 5.74) is -7.24. The van der Waals surface area contributed by atoms with Crippen LogP contribution in [0.2, 0.25) is 5.02 Å². The summed E-state index contributed by atoms with van der Waals surface area (Å²) in [6.45, 7) is -3.04. The molecule has 1 aliphatic carbocycles. The predicted molar refractivity (Wildman–Crippen MR) is 92.4 cm³/mol. The van der Waals surface area contributed by atoms with Gasteiger partial charge in [-0.1, -0.05) is 36.9 Å². The maximum atomic E-state index is 14.1. The molecule has 1 atom stereocenters. The van der Waals surface area contributed by atoms with Gasteiger partial charge in [-0.2, -0.15) is 0 Å². The van der Waals surface area contributed by atoms with Crippen LogP contribution in [-0.2, 0) is 9.59 Å². The lowest BCUT2D eigenvalue weighted by atomic mass is 9.87. The monoisotopic (exact) mass is 367 g/mol. The van der Waals surface area contributed by atoms with E-state index in [9.17, 15) is 14.7 Å². The van der Waals surface area contributed by atoms with Gasteiger partial charge in [0.2, 0.25) is 0 Å². The summed E-state index contributed by atoms with van der Waals surface area (Å²) < 4.78 is 156. The Balaban J connectivity index is 2.75. The summed E-state index contributed by atoms with van der Waals surface area (Å²) in [5, 5.41) is 9.18. The molecule has 128 valence electrons. The first-order chi connectivity index (χ1) is 18.9. The minimum Gasteiger partial charge on any atom is -0.480 e. The number of carboxylic acids is 1. The number of nitrogens with zero attached hydrogens (tertiary/aromatic N) is 2. The van der Waals surface area contributed by atoms with E-state index in [0.29, 0.717) is 0 Å². The SMILES string of the molecule is [2H]c1c([2H])c(Cl)c([2H])c(C2=NC3(N(C([2H])(C(=O)O)C([2H])([2H])C([2H])[2H])C2=O)C([2H])([2H])C([2H])([2H])C([2H])([2H])C([2H])([2H])C3([2H])[2H])c1[2H]. The highest BCUT2D eigenvalue weighted by atomic mass is 35.5. The van der Waals surface area contributed by atoms with Crippen LogP contribution in [0.3, 0.4) is 0 Å². The van der Waals surface area contributed by atoms with Crippen LogP contribution >= 0.6 is 11.6 Å². The lowest BCUT2D eigenvalue weighted by molar-refractivity contribution is -0.153. The van der Waals surface area contributed by atoms with E-state index in [-0.39, 0.29) is 0 Å². The van der Waals surface area contributed by atoms with Crippen molar-refractivity contribution in [2.75, 3.05) is 0 Å². The number of carbonyl (C=O) groups is 2. The number of rotatable bonds is 4. The Kier molecular flexibility index (Phi) is 1.45. The van der Waals surface area contributed by atoms with E-state index in [4.69, 9.17) is 37.6 Å². The van der Waals surface area contributed by atoms with Crippen LogP contribution in [0.1, 0.15) is 76.7 Å². The Morgan fingerprint density at radius 3 is 3.04 bits per heavy atom. The second-order valence-electron chi connectivity index (χ2n) is 4.39. The van der Waals surface area contributed by atoms with Crippen molar-refractivity contribution in [2.45, 2.75) is 56.8 Å². The number of carboxylic acid groups (broad SMARTS) is 1. The first-order valence-electron chi connectivity index (χ1n) is 15.9. The number of hydrogen-bond acceptors (Lipinski definition) is 3. The van der Waals surface area contributed by atoms with E-state index in [0.717, 1.165) is 0 Å². The molecule has 0 radical (unpaired) electrons. The molecular formula is C18H21ClN2O3. The van der Waals surface area contributed by atoms with Crippen molar-refractivity contribution >= 4 is 29.2 Å². The summed E-state index contributed by atoms with van der Waals surface area (Å²) in [4.78, 5) is 29.4. The standard InChI is InChI=1S/C18H21ClN2O3/c1-2-14(17(23)24)21-16(22)15(12-7-6-8-13(19)11-12)20-18(21)9-4-3-5-10-18/h6-8,11,14H,2-5,9-10H2,1H3,(H,23,24)/i1D2,2D2,3D2,4D2,5D2,6D,7D,8D,9D2,10D2,11D,14D. The van der Waals surface area contributed by atoms with Crippen LogP contribution in [-0.4, -0.2) is 39.3 Å². The van der Waals surface area contributed by atoms with Crippen LogP contribution in [0, 0.1) is 0 Å². The molecule has 1 aromatic carbocycles. The Morgan fingerprint density at radius 2 is 2.38 bits per heavy atom. The summed E-state index contributed by atoms with van der Waals surface area (Å²) in [6, 6.07) is -8.99. The van der Waals surface area contributed by atoms with Crippen LogP contribution < -0.4 is 0 Å². The second kappa shape index (κ2) is 6.55. The van der Waals surface area contributed by atoms with Gasteiger partial charge in [0.05, 0.1) is 6.85 Å². The second-order valence-corrected chi connectivity index (χ2v) is 4.76. The van der Waals surface area contributed by atoms with E-state index >= 15 is 0 Å². The quantitative estimate of drug-likeness (QED) is 0.885. The van der Waals surface area contributed by atoms with Gasteiger partial charge in [-0.25, -0.2) is 4.79 Å². The molecule has 2 aliphatic rings. The molecule has 1 unspecified atom stereocenters. The average molecular weight is 368 g/mol. The zero-order valence-electron chi connectivity index (χ0n) is 30.6. The number of amides is 1.